The first-order valence-corrected chi connectivity index (χ1v) is 10.7. The van der Waals surface area contributed by atoms with Crippen molar-refractivity contribution in [1.82, 2.24) is 14.8 Å². The van der Waals surface area contributed by atoms with E-state index in [1.807, 2.05) is 0 Å². The quantitative estimate of drug-likeness (QED) is 0.320. The van der Waals surface area contributed by atoms with Crippen LogP contribution in [0.1, 0.15) is 29.2 Å². The summed E-state index contributed by atoms with van der Waals surface area (Å²) >= 11 is 0. The van der Waals surface area contributed by atoms with Gasteiger partial charge in [-0.25, -0.2) is 18.4 Å². The Labute approximate surface area is 198 Å². The Balaban J connectivity index is 1.72. The van der Waals surface area contributed by atoms with Gasteiger partial charge < -0.3 is 27.0 Å². The van der Waals surface area contributed by atoms with Crippen molar-refractivity contribution in [3.05, 3.63) is 59.7 Å². The summed E-state index contributed by atoms with van der Waals surface area (Å²) in [5.41, 5.74) is 15.9. The summed E-state index contributed by atoms with van der Waals surface area (Å²) in [4.78, 5) is 16.6. The van der Waals surface area contributed by atoms with Crippen LogP contribution in [0.3, 0.4) is 0 Å². The molecule has 1 amide bonds. The van der Waals surface area contributed by atoms with Gasteiger partial charge in [-0.3, -0.25) is 4.79 Å². The van der Waals surface area contributed by atoms with Crippen LogP contribution in [0, 0.1) is 11.6 Å². The molecule has 7 N–H and O–H groups in total. The van der Waals surface area contributed by atoms with E-state index < -0.39 is 23.3 Å². The van der Waals surface area contributed by atoms with E-state index in [1.165, 1.54) is 42.1 Å². The van der Waals surface area contributed by atoms with Crippen molar-refractivity contribution in [2.75, 3.05) is 12.8 Å². The largest absolute Gasteiger partial charge is 0.496 e. The molecule has 0 atom stereocenters. The first-order valence-electron chi connectivity index (χ1n) is 10.7. The Morgan fingerprint density at radius 2 is 1.91 bits per heavy atom. The van der Waals surface area contributed by atoms with Crippen LogP contribution in [0.15, 0.2) is 42.5 Å². The van der Waals surface area contributed by atoms with Gasteiger partial charge >= 0.3 is 0 Å². The van der Waals surface area contributed by atoms with Crippen molar-refractivity contribution in [3.8, 4) is 28.3 Å². The third-order valence-corrected chi connectivity index (χ3v) is 6.22. The van der Waals surface area contributed by atoms with Crippen LogP contribution in [-0.2, 0) is 0 Å². The minimum atomic E-state index is -1.37. The zero-order valence-electron chi connectivity index (χ0n) is 18.6. The number of aromatic nitrogens is 3. The molecule has 4 aromatic rings. The number of nitrogen functional groups attached to an aromatic ring is 1. The predicted octanol–water partition coefficient (Wildman–Crippen LogP) is 2.72. The number of carbonyl (C=O) groups is 1. The fourth-order valence-corrected chi connectivity index (χ4v) is 4.47. The summed E-state index contributed by atoms with van der Waals surface area (Å²) in [6, 6.07) is 10.1. The molecule has 11 heteroatoms. The van der Waals surface area contributed by atoms with Gasteiger partial charge in [0.1, 0.15) is 39.9 Å². The predicted molar refractivity (Wildman–Crippen MR) is 125 cm³/mol. The highest BCUT2D eigenvalue weighted by atomic mass is 19.1. The summed E-state index contributed by atoms with van der Waals surface area (Å²) in [7, 11) is 1.41. The van der Waals surface area contributed by atoms with E-state index in [4.69, 9.17) is 21.9 Å². The second kappa shape index (κ2) is 8.00. The van der Waals surface area contributed by atoms with Crippen molar-refractivity contribution >= 4 is 22.6 Å². The number of pyridine rings is 1. The molecular weight excluding hydrogens is 458 g/mol. The molecule has 0 bridgehead atoms. The zero-order chi connectivity index (χ0) is 25.1. The highest BCUT2D eigenvalue weighted by Gasteiger charge is 2.42. The molecule has 1 saturated carbocycles. The van der Waals surface area contributed by atoms with Crippen molar-refractivity contribution in [3.63, 3.8) is 0 Å². The number of benzene rings is 2. The number of methoxy groups -OCH3 is 1. The van der Waals surface area contributed by atoms with Gasteiger partial charge in [-0.2, -0.15) is 5.10 Å². The second-order valence-electron chi connectivity index (χ2n) is 8.60. The van der Waals surface area contributed by atoms with Crippen LogP contribution < -0.4 is 21.9 Å². The van der Waals surface area contributed by atoms with Crippen molar-refractivity contribution in [2.45, 2.75) is 24.6 Å². The number of nitrogens with zero attached hydrogens (tertiary/aromatic N) is 3. The van der Waals surface area contributed by atoms with E-state index in [0.29, 0.717) is 5.39 Å². The van der Waals surface area contributed by atoms with Crippen molar-refractivity contribution < 1.29 is 23.4 Å². The van der Waals surface area contributed by atoms with Crippen LogP contribution >= 0.6 is 0 Å². The molecule has 2 heterocycles. The normalized spacial score (nSPS) is 19.5. The number of aliphatic hydroxyl groups is 1. The number of primary amides is 1. The number of carbonyl (C=O) groups excluding carboxylic acids is 1. The topological polar surface area (TPSA) is 155 Å². The van der Waals surface area contributed by atoms with Crippen molar-refractivity contribution in [1.29, 1.82) is 0 Å². The monoisotopic (exact) mass is 480 g/mol. The summed E-state index contributed by atoms with van der Waals surface area (Å²) < 4.78 is 37.1. The minimum Gasteiger partial charge on any atom is -0.496 e. The molecule has 2 aromatic carbocycles. The average molecular weight is 480 g/mol. The maximum atomic E-state index is 16.0. The molecule has 35 heavy (non-hydrogen) atoms. The second-order valence-corrected chi connectivity index (χ2v) is 8.60. The first kappa shape index (κ1) is 22.7. The van der Waals surface area contributed by atoms with E-state index in [0.717, 1.165) is 0 Å². The molecule has 0 unspecified atom stereocenters. The molecule has 0 spiro atoms. The molecule has 1 aliphatic carbocycles. The lowest BCUT2D eigenvalue weighted by atomic mass is 9.83. The molecule has 180 valence electrons. The first-order chi connectivity index (χ1) is 16.6. The number of halogens is 2. The van der Waals surface area contributed by atoms with E-state index >= 15 is 4.39 Å². The van der Waals surface area contributed by atoms with Crippen LogP contribution in [0.5, 0.6) is 5.75 Å². The van der Waals surface area contributed by atoms with Gasteiger partial charge in [0.15, 0.2) is 5.82 Å². The van der Waals surface area contributed by atoms with Gasteiger partial charge in [-0.05, 0) is 24.3 Å². The molecule has 0 aliphatic heterocycles. The molecular formula is C24H22F2N6O3. The van der Waals surface area contributed by atoms with Gasteiger partial charge in [0.25, 0.3) is 5.91 Å². The third kappa shape index (κ3) is 3.65. The SMILES string of the molecule is COc1cc(-c2ccccc2F)nc2c(F)c(-c3nn([C@H]4C[C@@](N)(O)C4)c(N)c3C(N)=O)ccc12. The molecule has 9 nitrogen and oxygen atoms in total. The number of ether oxygens (including phenoxy) is 1. The number of rotatable bonds is 5. The molecule has 1 fully saturated rings. The van der Waals surface area contributed by atoms with Crippen LogP contribution in [0.25, 0.3) is 33.4 Å². The number of amides is 1. The van der Waals surface area contributed by atoms with E-state index in [2.05, 4.69) is 10.1 Å². The summed E-state index contributed by atoms with van der Waals surface area (Å²) in [5.74, 6) is -2.00. The molecule has 2 aromatic heterocycles. The third-order valence-electron chi connectivity index (χ3n) is 6.22. The highest BCUT2D eigenvalue weighted by Crippen LogP contribution is 2.42. The summed E-state index contributed by atoms with van der Waals surface area (Å²) in [6.07, 6.45) is 0.308. The Morgan fingerprint density at radius 3 is 2.54 bits per heavy atom. The number of fused-ring (bicyclic) bond motifs is 1. The fraction of sp³-hybridized carbons (Fsp3) is 0.208. The maximum Gasteiger partial charge on any atom is 0.254 e. The Kier molecular flexibility index (Phi) is 5.18. The Hall–Kier alpha value is -4.09. The van der Waals surface area contributed by atoms with Gasteiger partial charge in [0, 0.05) is 35.4 Å². The van der Waals surface area contributed by atoms with Crippen LogP contribution in [0.4, 0.5) is 14.6 Å². The number of nitrogens with two attached hydrogens (primary N) is 3. The van der Waals surface area contributed by atoms with E-state index in [1.54, 1.807) is 12.1 Å². The van der Waals surface area contributed by atoms with E-state index in [-0.39, 0.29) is 64.0 Å². The lowest BCUT2D eigenvalue weighted by molar-refractivity contribution is -0.0643. The molecule has 0 saturated heterocycles. The number of hydrogen-bond acceptors (Lipinski definition) is 7. The van der Waals surface area contributed by atoms with Gasteiger partial charge in [-0.1, -0.05) is 12.1 Å². The standard InChI is InChI=1S/C24H22F2N6O3/c1-35-17-8-16(12-4-2-3-5-15(12)25)30-21-13(17)6-7-14(19(21)26)20-18(23(28)33)22(27)32(31-20)11-9-24(29,34)10-11/h2-8,11,34H,9-10,27,29H2,1H3,(H2,28,33)/t11-,24+. The molecule has 0 radical (unpaired) electrons. The Bertz CT molecular complexity index is 1490. The molecule has 1 aliphatic rings. The van der Waals surface area contributed by atoms with Gasteiger partial charge in [-0.15, -0.1) is 0 Å². The number of anilines is 1. The fourth-order valence-electron chi connectivity index (χ4n) is 4.47. The smallest absolute Gasteiger partial charge is 0.254 e. The van der Waals surface area contributed by atoms with Gasteiger partial charge in [0.2, 0.25) is 0 Å². The Morgan fingerprint density at radius 1 is 1.20 bits per heavy atom. The summed E-state index contributed by atoms with van der Waals surface area (Å²) in [5, 5.41) is 14.6. The highest BCUT2D eigenvalue weighted by molar-refractivity contribution is 6.04. The van der Waals surface area contributed by atoms with Crippen LogP contribution in [-0.4, -0.2) is 38.6 Å². The lowest BCUT2D eigenvalue weighted by Crippen LogP contribution is -2.52. The van der Waals surface area contributed by atoms with E-state index in [9.17, 15) is 14.3 Å². The van der Waals surface area contributed by atoms with Gasteiger partial charge in [0.05, 0.1) is 18.8 Å². The minimum absolute atomic E-state index is 0.0573. The molecule has 5 rings (SSSR count). The zero-order valence-corrected chi connectivity index (χ0v) is 18.6. The lowest BCUT2D eigenvalue weighted by Gasteiger charge is -2.40. The maximum absolute atomic E-state index is 16.0. The number of hydrogen-bond donors (Lipinski definition) is 4. The van der Waals surface area contributed by atoms with Crippen molar-refractivity contribution in [2.24, 2.45) is 11.5 Å². The summed E-state index contributed by atoms with van der Waals surface area (Å²) in [6.45, 7) is 0. The average Bonchev–Trinajstić information content (AvgIpc) is 3.14. The van der Waals surface area contributed by atoms with Crippen LogP contribution in [0.2, 0.25) is 0 Å².